The highest BCUT2D eigenvalue weighted by Crippen LogP contribution is 2.22. The molecule has 110 valence electrons. The third kappa shape index (κ3) is 3.50. The molecule has 0 saturated heterocycles. The number of rotatable bonds is 4. The molecule has 1 N–H and O–H groups in total. The Balaban J connectivity index is 1.65. The van der Waals surface area contributed by atoms with Gasteiger partial charge in [0.1, 0.15) is 5.01 Å². The summed E-state index contributed by atoms with van der Waals surface area (Å²) in [6, 6.07) is 10.7. The predicted molar refractivity (Wildman–Crippen MR) is 88.0 cm³/mol. The summed E-state index contributed by atoms with van der Waals surface area (Å²) < 4.78 is 0. The van der Waals surface area contributed by atoms with Crippen LogP contribution in [0.25, 0.3) is 10.6 Å². The van der Waals surface area contributed by atoms with E-state index in [2.05, 4.69) is 15.3 Å². The lowest BCUT2D eigenvalue weighted by molar-refractivity contribution is 0.0950. The Morgan fingerprint density at radius 3 is 2.82 bits per heavy atom. The maximum absolute atomic E-state index is 12.0. The van der Waals surface area contributed by atoms with Crippen LogP contribution in [-0.2, 0) is 6.54 Å². The molecule has 6 heteroatoms. The van der Waals surface area contributed by atoms with E-state index in [0.717, 1.165) is 16.3 Å². The van der Waals surface area contributed by atoms with Crippen molar-refractivity contribution in [1.29, 1.82) is 0 Å². The van der Waals surface area contributed by atoms with Gasteiger partial charge in [0.05, 0.1) is 12.2 Å². The summed E-state index contributed by atoms with van der Waals surface area (Å²) in [7, 11) is 0. The van der Waals surface area contributed by atoms with Crippen molar-refractivity contribution < 1.29 is 4.79 Å². The molecule has 3 aromatic rings. The van der Waals surface area contributed by atoms with Crippen LogP contribution < -0.4 is 5.32 Å². The van der Waals surface area contributed by atoms with E-state index >= 15 is 0 Å². The Labute approximate surface area is 136 Å². The number of aromatic nitrogens is 2. The molecule has 3 rings (SSSR count). The minimum absolute atomic E-state index is 0.166. The lowest BCUT2D eigenvalue weighted by Gasteiger charge is -2.03. The van der Waals surface area contributed by atoms with E-state index in [1.165, 1.54) is 0 Å². The summed E-state index contributed by atoms with van der Waals surface area (Å²) in [6.07, 6.45) is 3.47. The largest absolute Gasteiger partial charge is 0.346 e. The number of hydrogen-bond donors (Lipinski definition) is 1. The summed E-state index contributed by atoms with van der Waals surface area (Å²) in [5, 5.41) is 6.23. The van der Waals surface area contributed by atoms with Gasteiger partial charge >= 0.3 is 0 Å². The van der Waals surface area contributed by atoms with Crippen molar-refractivity contribution in [3.63, 3.8) is 0 Å². The summed E-state index contributed by atoms with van der Waals surface area (Å²) in [5.74, 6) is -0.166. The van der Waals surface area contributed by atoms with Crippen molar-refractivity contribution >= 4 is 28.8 Å². The number of halogens is 1. The van der Waals surface area contributed by atoms with Crippen molar-refractivity contribution in [2.75, 3.05) is 0 Å². The normalized spacial score (nSPS) is 10.4. The van der Waals surface area contributed by atoms with Crippen LogP contribution in [0.1, 0.15) is 16.1 Å². The van der Waals surface area contributed by atoms with Gasteiger partial charge in [-0.25, -0.2) is 4.98 Å². The van der Waals surface area contributed by atoms with Crippen molar-refractivity contribution in [1.82, 2.24) is 15.3 Å². The third-order valence-electron chi connectivity index (χ3n) is 3.00. The number of nitrogens with zero attached hydrogens (tertiary/aromatic N) is 2. The number of thiazole rings is 1. The average Bonchev–Trinajstić information content (AvgIpc) is 3.02. The Hall–Kier alpha value is -2.24. The highest BCUT2D eigenvalue weighted by atomic mass is 35.5. The van der Waals surface area contributed by atoms with Gasteiger partial charge in [0, 0.05) is 33.9 Å². The lowest BCUT2D eigenvalue weighted by atomic mass is 10.2. The third-order valence-corrected chi connectivity index (χ3v) is 4.17. The zero-order chi connectivity index (χ0) is 15.4. The molecule has 1 aromatic carbocycles. The van der Waals surface area contributed by atoms with Gasteiger partial charge in [-0.05, 0) is 30.3 Å². The van der Waals surface area contributed by atoms with Gasteiger partial charge in [-0.3, -0.25) is 9.78 Å². The highest BCUT2D eigenvalue weighted by molar-refractivity contribution is 7.13. The van der Waals surface area contributed by atoms with Crippen LogP contribution in [0.2, 0.25) is 5.02 Å². The number of pyridine rings is 1. The lowest BCUT2D eigenvalue weighted by Crippen LogP contribution is -2.22. The van der Waals surface area contributed by atoms with Crippen LogP contribution >= 0.6 is 22.9 Å². The maximum Gasteiger partial charge on any atom is 0.251 e. The Bertz CT molecular complexity index is 789. The molecule has 0 unspecified atom stereocenters. The molecular formula is C16H12ClN3OS. The number of benzene rings is 1. The monoisotopic (exact) mass is 329 g/mol. The minimum Gasteiger partial charge on any atom is -0.346 e. The topological polar surface area (TPSA) is 54.9 Å². The molecule has 0 aliphatic heterocycles. The number of carbonyl (C=O) groups is 1. The van der Waals surface area contributed by atoms with Gasteiger partial charge in [0.2, 0.25) is 0 Å². The van der Waals surface area contributed by atoms with Crippen LogP contribution in [0, 0.1) is 0 Å². The van der Waals surface area contributed by atoms with E-state index < -0.39 is 0 Å². The molecular weight excluding hydrogens is 318 g/mol. The fourth-order valence-corrected chi connectivity index (χ4v) is 2.93. The average molecular weight is 330 g/mol. The first kappa shape index (κ1) is 14.7. The van der Waals surface area contributed by atoms with Gasteiger partial charge in [0.15, 0.2) is 0 Å². The van der Waals surface area contributed by atoms with Crippen molar-refractivity contribution in [3.05, 3.63) is 70.5 Å². The van der Waals surface area contributed by atoms with Gasteiger partial charge in [0.25, 0.3) is 5.91 Å². The molecule has 0 saturated carbocycles. The molecule has 2 heterocycles. The Morgan fingerprint density at radius 1 is 1.23 bits per heavy atom. The van der Waals surface area contributed by atoms with Crippen molar-refractivity contribution in [2.45, 2.75) is 6.54 Å². The van der Waals surface area contributed by atoms with Crippen molar-refractivity contribution in [3.8, 4) is 10.6 Å². The molecule has 0 bridgehead atoms. The van der Waals surface area contributed by atoms with E-state index in [9.17, 15) is 4.79 Å². The standard InChI is InChI=1S/C16H12ClN3OS/c17-13-3-1-2-12(8-13)15(21)19-9-14-10-22-16(20-14)11-4-6-18-7-5-11/h1-8,10H,9H2,(H,19,21). The second-order valence-electron chi connectivity index (χ2n) is 4.57. The van der Waals surface area contributed by atoms with Gasteiger partial charge in [-0.1, -0.05) is 17.7 Å². The number of nitrogens with one attached hydrogen (secondary N) is 1. The van der Waals surface area contributed by atoms with Crippen LogP contribution in [0.15, 0.2) is 54.2 Å². The van der Waals surface area contributed by atoms with Crippen LogP contribution in [0.4, 0.5) is 0 Å². The fraction of sp³-hybridized carbons (Fsp3) is 0.0625. The predicted octanol–water partition coefficient (Wildman–Crippen LogP) is 3.79. The second-order valence-corrected chi connectivity index (χ2v) is 5.87. The highest BCUT2D eigenvalue weighted by Gasteiger charge is 2.08. The summed E-state index contributed by atoms with van der Waals surface area (Å²) in [4.78, 5) is 20.5. The molecule has 0 aliphatic rings. The summed E-state index contributed by atoms with van der Waals surface area (Å²) in [6.45, 7) is 0.382. The van der Waals surface area contributed by atoms with E-state index in [-0.39, 0.29) is 5.91 Å². The Kier molecular flexibility index (Phi) is 4.46. The van der Waals surface area contributed by atoms with E-state index in [4.69, 9.17) is 11.6 Å². The number of amides is 1. The second kappa shape index (κ2) is 6.68. The molecule has 2 aromatic heterocycles. The summed E-state index contributed by atoms with van der Waals surface area (Å²) in [5.41, 5.74) is 2.39. The van der Waals surface area contributed by atoms with Gasteiger partial charge in [-0.15, -0.1) is 11.3 Å². The maximum atomic E-state index is 12.0. The molecule has 0 radical (unpaired) electrons. The molecule has 22 heavy (non-hydrogen) atoms. The molecule has 0 fully saturated rings. The van der Waals surface area contributed by atoms with Crippen molar-refractivity contribution in [2.24, 2.45) is 0 Å². The van der Waals surface area contributed by atoms with Gasteiger partial charge < -0.3 is 5.32 Å². The SMILES string of the molecule is O=C(NCc1csc(-c2ccncc2)n1)c1cccc(Cl)c1. The van der Waals surface area contributed by atoms with Crippen LogP contribution in [0.5, 0.6) is 0 Å². The zero-order valence-corrected chi connectivity index (χ0v) is 13.1. The number of carbonyl (C=O) groups excluding carboxylic acids is 1. The smallest absolute Gasteiger partial charge is 0.251 e. The first-order valence-corrected chi connectivity index (χ1v) is 7.87. The first-order chi connectivity index (χ1) is 10.7. The van der Waals surface area contributed by atoms with E-state index in [1.54, 1.807) is 48.0 Å². The number of hydrogen-bond acceptors (Lipinski definition) is 4. The van der Waals surface area contributed by atoms with E-state index in [0.29, 0.717) is 17.1 Å². The quantitative estimate of drug-likeness (QED) is 0.792. The fourth-order valence-electron chi connectivity index (χ4n) is 1.92. The Morgan fingerprint density at radius 2 is 2.05 bits per heavy atom. The molecule has 0 atom stereocenters. The molecule has 1 amide bonds. The molecule has 4 nitrogen and oxygen atoms in total. The molecule has 0 spiro atoms. The minimum atomic E-state index is -0.166. The summed E-state index contributed by atoms with van der Waals surface area (Å²) >= 11 is 7.42. The van der Waals surface area contributed by atoms with E-state index in [1.807, 2.05) is 17.5 Å². The van der Waals surface area contributed by atoms with Crippen LogP contribution in [-0.4, -0.2) is 15.9 Å². The zero-order valence-electron chi connectivity index (χ0n) is 11.5. The van der Waals surface area contributed by atoms with Gasteiger partial charge in [-0.2, -0.15) is 0 Å². The first-order valence-electron chi connectivity index (χ1n) is 6.61. The van der Waals surface area contributed by atoms with Crippen LogP contribution in [0.3, 0.4) is 0 Å². The molecule has 0 aliphatic carbocycles.